The molecule has 64 heavy (non-hydrogen) atoms. The first-order chi connectivity index (χ1) is 36.4. The minimum Gasteiger partial charge on any atom is -0.507 e. The second-order valence-electron chi connectivity index (χ2n) is 18.9. The molecule has 8 rings (SSSR count). The predicted octanol–water partition coefficient (Wildman–Crippen LogP) is 15.7. The van der Waals surface area contributed by atoms with Gasteiger partial charge in [-0.2, -0.15) is 0 Å². The summed E-state index contributed by atoms with van der Waals surface area (Å²) in [6, 6.07) is 26.8. The van der Waals surface area contributed by atoms with Gasteiger partial charge in [0.15, 0.2) is 0 Å². The summed E-state index contributed by atoms with van der Waals surface area (Å²) in [6.07, 6.45) is 0.0938. The topological polar surface area (TPSA) is 50.9 Å². The van der Waals surface area contributed by atoms with E-state index in [1.165, 1.54) is 0 Å². The predicted molar refractivity (Wildman–Crippen MR) is 266 cm³/mol. The number of para-hydroxylation sites is 1. The fourth-order valence-electron chi connectivity index (χ4n) is 7.96. The quantitative estimate of drug-likeness (QED) is 0.154. The second-order valence-corrected chi connectivity index (χ2v) is 18.9. The number of nitrogens with zero attached hydrogens (tertiary/aromatic N) is 3. The molecule has 0 spiro atoms. The summed E-state index contributed by atoms with van der Waals surface area (Å²) in [5, 5.41) is 12.4. The molecule has 0 aliphatic heterocycles. The van der Waals surface area contributed by atoms with Crippen molar-refractivity contribution in [2.45, 2.75) is 106 Å². The molecule has 2 aromatic heterocycles. The molecule has 0 unspecified atom stereocenters. The van der Waals surface area contributed by atoms with E-state index in [1.807, 2.05) is 103 Å². The first-order valence-electron chi connectivity index (χ1n) is 29.2. The third-order valence-corrected chi connectivity index (χ3v) is 11.1. The molecule has 0 saturated carbocycles. The first kappa shape index (κ1) is 29.8. The van der Waals surface area contributed by atoms with E-state index in [1.54, 1.807) is 6.07 Å². The number of aromatic hydroxyl groups is 1. The Morgan fingerprint density at radius 3 is 2.09 bits per heavy atom. The molecule has 0 amide bonds. The van der Waals surface area contributed by atoms with Gasteiger partial charge in [0.05, 0.1) is 31.9 Å². The zero-order valence-corrected chi connectivity index (χ0v) is 39.8. The molecule has 0 bridgehead atoms. The van der Waals surface area contributed by atoms with Gasteiger partial charge in [0.2, 0.25) is 0 Å². The Kier molecular flexibility index (Phi) is 8.27. The zero-order chi connectivity index (χ0) is 58.6. The van der Waals surface area contributed by atoms with Crippen LogP contribution in [0.25, 0.3) is 72.7 Å². The summed E-state index contributed by atoms with van der Waals surface area (Å²) in [4.78, 5) is 9.84. The van der Waals surface area contributed by atoms with Crippen LogP contribution in [0.15, 0.2) is 133 Å². The van der Waals surface area contributed by atoms with Gasteiger partial charge in [-0.3, -0.25) is 9.55 Å². The van der Waals surface area contributed by atoms with Crippen LogP contribution in [0, 0.1) is 18.9 Å². The van der Waals surface area contributed by atoms with E-state index in [2.05, 4.69) is 59.8 Å². The summed E-state index contributed by atoms with van der Waals surface area (Å²) in [7, 11) is 0. The van der Waals surface area contributed by atoms with E-state index in [4.69, 9.17) is 25.5 Å². The van der Waals surface area contributed by atoms with E-state index < -0.39 is 95.9 Å². The standard InChI is InChI=1S/C59H62N3O.Pt/c1-37(2)29-39-21-26-52(48(32-39)41-17-14-13-15-18-41)62-53-20-16-19-47(54(53)61-56(62)49-30-38(3)31-50(55(49)63)59(10,11)12)43-33-44(35-46(34-43)58(7,8)9)51-36-42(27-28-60-51)40-22-24-45(25-23-40)57(4,5)6;/h13-28,30-32,34-37,63H,29H2,1-12H3;/q-1;/i4D3,5D3,6D3,22D,23D,24D,25D,27D,28D,36D;. The van der Waals surface area contributed by atoms with Crippen LogP contribution < -0.4 is 0 Å². The Bertz CT molecular complexity index is 3650. The maximum Gasteiger partial charge on any atom is 0.148 e. The summed E-state index contributed by atoms with van der Waals surface area (Å²) in [6.45, 7) is 6.57. The molecular formula is C59H62N3OPt-. The van der Waals surface area contributed by atoms with Gasteiger partial charge in [-0.05, 0) is 99.2 Å². The zero-order valence-electron chi connectivity index (χ0n) is 53.5. The minimum absolute atomic E-state index is 0. The third-order valence-electron chi connectivity index (χ3n) is 11.1. The van der Waals surface area contributed by atoms with Gasteiger partial charge < -0.3 is 5.11 Å². The van der Waals surface area contributed by atoms with Crippen molar-refractivity contribution in [3.63, 3.8) is 0 Å². The molecule has 0 saturated heterocycles. The number of aromatic nitrogens is 3. The van der Waals surface area contributed by atoms with Crippen LogP contribution in [0.2, 0.25) is 0 Å². The van der Waals surface area contributed by atoms with Crippen LogP contribution in [0.1, 0.15) is 126 Å². The molecule has 5 heteroatoms. The van der Waals surface area contributed by atoms with Crippen LogP contribution in [-0.4, -0.2) is 19.6 Å². The van der Waals surface area contributed by atoms with Gasteiger partial charge in [0.1, 0.15) is 11.6 Å². The van der Waals surface area contributed by atoms with Crippen molar-refractivity contribution in [2.75, 3.05) is 0 Å². The fraction of sp³-hybridized carbons (Fsp3) is 0.288. The van der Waals surface area contributed by atoms with Crippen LogP contribution in [0.4, 0.5) is 0 Å². The molecule has 330 valence electrons. The van der Waals surface area contributed by atoms with Crippen LogP contribution in [-0.2, 0) is 43.7 Å². The van der Waals surface area contributed by atoms with E-state index in [-0.39, 0.29) is 38.1 Å². The molecule has 2 heterocycles. The molecule has 0 aliphatic carbocycles. The molecule has 0 aliphatic rings. The Morgan fingerprint density at radius 2 is 1.42 bits per heavy atom. The number of hydrogen-bond donors (Lipinski definition) is 1. The van der Waals surface area contributed by atoms with E-state index in [9.17, 15) is 6.48 Å². The number of imidazole rings is 1. The van der Waals surface area contributed by atoms with Crippen molar-refractivity contribution in [3.8, 4) is 67.5 Å². The van der Waals surface area contributed by atoms with Crippen molar-refractivity contribution in [2.24, 2.45) is 5.92 Å². The SMILES string of the molecule is [2H]c1nc(-c2[c-]c(-c3cccc4c3nc(-c3cc(C)cc(C(C)(C)C)c3O)n4-c3ccc(CC(C)C)cc3-c3ccccc3)cc(C(C)(C)C)c2)c([2H])c(-c2c([2H])c([2H])c(C(C([2H])([2H])[2H])(C([2H])([2H])[2H])C([2H])([2H])[2H])c([2H])c2[2H])c1[2H].[Pt]. The molecule has 8 aromatic rings. The van der Waals surface area contributed by atoms with Crippen LogP contribution in [0.5, 0.6) is 5.75 Å². The first-order valence-corrected chi connectivity index (χ1v) is 21.2. The molecule has 0 fully saturated rings. The molecule has 0 radical (unpaired) electrons. The maximum atomic E-state index is 12.4. The minimum atomic E-state index is -3.92. The fourth-order valence-corrected chi connectivity index (χ4v) is 7.96. The number of pyridine rings is 1. The number of phenols is 1. The summed E-state index contributed by atoms with van der Waals surface area (Å²) in [5.74, 6) is 0.917. The number of benzene rings is 6. The Labute approximate surface area is 418 Å². The summed E-state index contributed by atoms with van der Waals surface area (Å²) < 4.78 is 140. The molecule has 6 aromatic carbocycles. The Hall–Kier alpha value is -5.57. The van der Waals surface area contributed by atoms with E-state index in [0.717, 1.165) is 39.9 Å². The van der Waals surface area contributed by atoms with Gasteiger partial charge in [0.25, 0.3) is 0 Å². The largest absolute Gasteiger partial charge is 0.507 e. The number of fused-ring (bicyclic) bond motifs is 1. The Morgan fingerprint density at radius 1 is 0.703 bits per heavy atom. The third kappa shape index (κ3) is 9.45. The van der Waals surface area contributed by atoms with Crippen molar-refractivity contribution in [1.82, 2.24) is 14.5 Å². The van der Waals surface area contributed by atoms with Crippen molar-refractivity contribution in [3.05, 3.63) is 167 Å². The molecular weight excluding hydrogens is 962 g/mol. The normalized spacial score (nSPS) is 16.4. The van der Waals surface area contributed by atoms with Crippen LogP contribution >= 0.6 is 0 Å². The number of hydrogen-bond acceptors (Lipinski definition) is 3. The summed E-state index contributed by atoms with van der Waals surface area (Å²) >= 11 is 0. The molecule has 1 N–H and O–H groups in total. The van der Waals surface area contributed by atoms with Crippen molar-refractivity contribution >= 4 is 11.0 Å². The molecule has 0 atom stereocenters. The number of rotatable bonds is 8. The van der Waals surface area contributed by atoms with E-state index >= 15 is 0 Å². The van der Waals surface area contributed by atoms with Gasteiger partial charge >= 0.3 is 0 Å². The summed E-state index contributed by atoms with van der Waals surface area (Å²) in [5.41, 5.74) is 1.10. The Balaban J connectivity index is 0.00000924. The van der Waals surface area contributed by atoms with Crippen LogP contribution in [0.3, 0.4) is 0 Å². The maximum absolute atomic E-state index is 12.4. The smallest absolute Gasteiger partial charge is 0.148 e. The second kappa shape index (κ2) is 17.8. The monoisotopic (exact) mass is 1040 g/mol. The average molecular weight is 1040 g/mol. The average Bonchev–Trinajstić information content (AvgIpc) is 2.62. The van der Waals surface area contributed by atoms with Gasteiger partial charge in [-0.15, -0.1) is 29.3 Å². The van der Waals surface area contributed by atoms with E-state index in [0.29, 0.717) is 45.0 Å². The van der Waals surface area contributed by atoms with Gasteiger partial charge in [-0.1, -0.05) is 172 Å². The number of phenolic OH excluding ortho intramolecular Hbond substituents is 1. The van der Waals surface area contributed by atoms with Crippen molar-refractivity contribution in [1.29, 1.82) is 0 Å². The van der Waals surface area contributed by atoms with Gasteiger partial charge in [0, 0.05) is 56.4 Å². The number of aryl methyl sites for hydroxylation is 1. The van der Waals surface area contributed by atoms with Gasteiger partial charge in [-0.25, -0.2) is 4.98 Å². The molecule has 4 nitrogen and oxygen atoms in total. The van der Waals surface area contributed by atoms with Crippen molar-refractivity contribution < 1.29 is 48.1 Å².